The van der Waals surface area contributed by atoms with Gasteiger partial charge in [0, 0.05) is 47.6 Å². The monoisotopic (exact) mass is 710 g/mol. The summed E-state index contributed by atoms with van der Waals surface area (Å²) in [4.78, 5) is 16.0. The molecule has 6 aromatic carbocycles. The van der Waals surface area contributed by atoms with Crippen LogP contribution in [0.15, 0.2) is 142 Å². The zero-order valence-corrected chi connectivity index (χ0v) is 27.9. The number of anilines is 3. The first-order chi connectivity index (χ1) is 21.8. The van der Waals surface area contributed by atoms with E-state index in [1.54, 1.807) is 0 Å². The van der Waals surface area contributed by atoms with E-state index in [0.29, 0.717) is 11.1 Å². The molecule has 0 aliphatic carbocycles. The van der Waals surface area contributed by atoms with Gasteiger partial charge in [0.25, 0.3) is 0 Å². The van der Waals surface area contributed by atoms with Gasteiger partial charge in [0.2, 0.25) is 0 Å². The molecule has 218 valence electrons. The van der Waals surface area contributed by atoms with Crippen molar-refractivity contribution < 1.29 is 4.79 Å². The molecule has 0 saturated carbocycles. The summed E-state index contributed by atoms with van der Waals surface area (Å²) in [5.41, 5.74) is 10.4. The quantitative estimate of drug-likeness (QED) is 0.170. The molecular formula is C40H28Br2N2O. The summed E-state index contributed by atoms with van der Waals surface area (Å²) in [6.45, 7) is 4.57. The summed E-state index contributed by atoms with van der Waals surface area (Å²) in [7, 11) is 0. The Hall–Kier alpha value is -4.45. The molecule has 0 bridgehead atoms. The van der Waals surface area contributed by atoms with E-state index < -0.39 is 0 Å². The van der Waals surface area contributed by atoms with Crippen LogP contribution in [-0.2, 0) is 5.41 Å². The number of nitrogens with zero attached hydrogens (tertiary/aromatic N) is 2. The molecule has 1 aromatic heterocycles. The highest BCUT2D eigenvalue weighted by Crippen LogP contribution is 2.51. The van der Waals surface area contributed by atoms with Gasteiger partial charge >= 0.3 is 0 Å². The summed E-state index contributed by atoms with van der Waals surface area (Å²) < 4.78 is 4.29. The Balaban J connectivity index is 1.14. The molecule has 5 heteroatoms. The third kappa shape index (κ3) is 4.48. The van der Waals surface area contributed by atoms with Crippen molar-refractivity contribution in [3.05, 3.63) is 165 Å². The number of halogens is 2. The highest BCUT2D eigenvalue weighted by Gasteiger charge is 2.36. The number of hydrogen-bond donors (Lipinski definition) is 0. The van der Waals surface area contributed by atoms with E-state index in [-0.39, 0.29) is 11.2 Å². The Bertz CT molecular complexity index is 2170. The molecule has 0 fully saturated rings. The summed E-state index contributed by atoms with van der Waals surface area (Å²) >= 11 is 7.30. The van der Waals surface area contributed by atoms with Crippen molar-refractivity contribution in [2.75, 3.05) is 4.90 Å². The molecule has 45 heavy (non-hydrogen) atoms. The molecule has 2 heterocycles. The van der Waals surface area contributed by atoms with Crippen LogP contribution in [0, 0.1) is 0 Å². The van der Waals surface area contributed by atoms with Crippen molar-refractivity contribution >= 4 is 76.5 Å². The number of ketones is 1. The van der Waals surface area contributed by atoms with E-state index in [1.807, 2.05) is 36.4 Å². The average Bonchev–Trinajstić information content (AvgIpc) is 3.37. The average molecular weight is 712 g/mol. The van der Waals surface area contributed by atoms with Gasteiger partial charge in [-0.1, -0.05) is 94.2 Å². The second kappa shape index (κ2) is 10.6. The van der Waals surface area contributed by atoms with E-state index in [2.05, 4.69) is 152 Å². The molecule has 0 unspecified atom stereocenters. The van der Waals surface area contributed by atoms with E-state index in [9.17, 15) is 4.79 Å². The Morgan fingerprint density at radius 3 is 1.49 bits per heavy atom. The van der Waals surface area contributed by atoms with Gasteiger partial charge in [0.05, 0.1) is 22.4 Å². The number of carbonyl (C=O) groups is 1. The molecule has 0 spiro atoms. The molecule has 0 atom stereocenters. The van der Waals surface area contributed by atoms with Crippen LogP contribution in [0.3, 0.4) is 0 Å². The minimum atomic E-state index is -0.113. The van der Waals surface area contributed by atoms with Crippen LogP contribution in [0.25, 0.3) is 27.5 Å². The Morgan fingerprint density at radius 2 is 1.00 bits per heavy atom. The van der Waals surface area contributed by atoms with Crippen LogP contribution in [-0.4, -0.2) is 10.4 Å². The number of rotatable bonds is 4. The largest absolute Gasteiger partial charge is 0.310 e. The molecule has 3 nitrogen and oxygen atoms in total. The van der Waals surface area contributed by atoms with Crippen molar-refractivity contribution in [3.63, 3.8) is 0 Å². The van der Waals surface area contributed by atoms with Crippen molar-refractivity contribution in [1.82, 2.24) is 4.57 Å². The van der Waals surface area contributed by atoms with Gasteiger partial charge in [-0.15, -0.1) is 0 Å². The van der Waals surface area contributed by atoms with Crippen molar-refractivity contribution in [3.8, 4) is 5.69 Å². The normalized spacial score (nSPS) is 13.6. The van der Waals surface area contributed by atoms with E-state index in [4.69, 9.17) is 0 Å². The van der Waals surface area contributed by atoms with Gasteiger partial charge in [-0.3, -0.25) is 4.79 Å². The zero-order chi connectivity index (χ0) is 30.9. The highest BCUT2D eigenvalue weighted by atomic mass is 79.9. The maximum atomic E-state index is 13.7. The molecule has 0 saturated heterocycles. The molecular weight excluding hydrogens is 684 g/mol. The highest BCUT2D eigenvalue weighted by molar-refractivity contribution is 9.10. The molecule has 0 N–H and O–H groups in total. The standard InChI is InChI=1S/C40H28Br2N2O/c1-40(2)33-7-3-5-9-35(33)43(36-10-6-4-8-34(36)40)29-17-11-25(12-18-29)39(45)26-13-19-30(20-14-26)44-37-23-27(41)15-21-31(37)32-22-16-28(42)24-38(32)44/h3-24H,1-2H3. The Labute approximate surface area is 279 Å². The van der Waals surface area contributed by atoms with Gasteiger partial charge in [0.15, 0.2) is 5.78 Å². The number of aromatic nitrogens is 1. The summed E-state index contributed by atoms with van der Waals surface area (Å²) in [6.07, 6.45) is 0. The third-order valence-corrected chi connectivity index (χ3v) is 10.1. The fraction of sp³-hybridized carbons (Fsp3) is 0.0750. The van der Waals surface area contributed by atoms with Crippen LogP contribution in [0.1, 0.15) is 40.9 Å². The van der Waals surface area contributed by atoms with Crippen molar-refractivity contribution in [2.45, 2.75) is 19.3 Å². The lowest BCUT2D eigenvalue weighted by molar-refractivity contribution is 0.103. The second-order valence-corrected chi connectivity index (χ2v) is 13.9. The first-order valence-electron chi connectivity index (χ1n) is 14.9. The first-order valence-corrected chi connectivity index (χ1v) is 16.5. The Morgan fingerprint density at radius 1 is 0.556 bits per heavy atom. The van der Waals surface area contributed by atoms with Gasteiger partial charge in [-0.25, -0.2) is 0 Å². The number of fused-ring (bicyclic) bond motifs is 5. The van der Waals surface area contributed by atoms with Crippen LogP contribution >= 0.6 is 31.9 Å². The predicted octanol–water partition coefficient (Wildman–Crippen LogP) is 11.6. The Kier molecular flexibility index (Phi) is 6.59. The van der Waals surface area contributed by atoms with Crippen LogP contribution < -0.4 is 4.90 Å². The summed E-state index contributed by atoms with van der Waals surface area (Å²) in [5.74, 6) is 0.00129. The lowest BCUT2D eigenvalue weighted by atomic mass is 9.73. The van der Waals surface area contributed by atoms with E-state index in [1.165, 1.54) is 33.3 Å². The number of benzene rings is 6. The van der Waals surface area contributed by atoms with Gasteiger partial charge in [0.1, 0.15) is 0 Å². The molecule has 1 aliphatic heterocycles. The minimum absolute atomic E-state index is 0.00129. The fourth-order valence-electron chi connectivity index (χ4n) is 6.88. The molecule has 8 rings (SSSR count). The van der Waals surface area contributed by atoms with Gasteiger partial charge < -0.3 is 9.47 Å². The summed E-state index contributed by atoms with van der Waals surface area (Å²) in [5, 5.41) is 2.37. The molecule has 0 amide bonds. The predicted molar refractivity (Wildman–Crippen MR) is 193 cm³/mol. The lowest BCUT2D eigenvalue weighted by Gasteiger charge is -2.42. The number of para-hydroxylation sites is 2. The summed E-state index contributed by atoms with van der Waals surface area (Å²) in [6, 6.07) is 45.9. The number of carbonyl (C=O) groups excluding carboxylic acids is 1. The minimum Gasteiger partial charge on any atom is -0.310 e. The smallest absolute Gasteiger partial charge is 0.193 e. The van der Waals surface area contributed by atoms with Crippen LogP contribution in [0.4, 0.5) is 17.1 Å². The topological polar surface area (TPSA) is 25.2 Å². The fourth-order valence-corrected chi connectivity index (χ4v) is 7.58. The van der Waals surface area contributed by atoms with Crippen LogP contribution in [0.2, 0.25) is 0 Å². The van der Waals surface area contributed by atoms with Gasteiger partial charge in [-0.2, -0.15) is 0 Å². The second-order valence-electron chi connectivity index (χ2n) is 12.1. The van der Waals surface area contributed by atoms with Crippen molar-refractivity contribution in [2.24, 2.45) is 0 Å². The van der Waals surface area contributed by atoms with Gasteiger partial charge in [-0.05, 0) is 96.1 Å². The molecule has 1 aliphatic rings. The lowest BCUT2D eigenvalue weighted by Crippen LogP contribution is -2.30. The van der Waals surface area contributed by atoms with E-state index in [0.717, 1.165) is 31.4 Å². The molecule has 0 radical (unpaired) electrons. The van der Waals surface area contributed by atoms with Crippen LogP contribution in [0.5, 0.6) is 0 Å². The first kappa shape index (κ1) is 28.1. The third-order valence-electron chi connectivity index (χ3n) is 9.10. The maximum absolute atomic E-state index is 13.7. The maximum Gasteiger partial charge on any atom is 0.193 e. The van der Waals surface area contributed by atoms with Crippen molar-refractivity contribution in [1.29, 1.82) is 0 Å². The zero-order valence-electron chi connectivity index (χ0n) is 24.8. The number of hydrogen-bond acceptors (Lipinski definition) is 2. The molecule has 7 aromatic rings. The SMILES string of the molecule is CC1(C)c2ccccc2N(c2ccc(C(=O)c3ccc(-n4c5cc(Br)ccc5c5ccc(Br)cc54)cc3)cc2)c2ccccc21. The van der Waals surface area contributed by atoms with E-state index >= 15 is 0 Å².